The van der Waals surface area contributed by atoms with Crippen molar-refractivity contribution in [3.05, 3.63) is 39.3 Å². The molecule has 1 unspecified atom stereocenters. The average Bonchev–Trinajstić information content (AvgIpc) is 2.22. The second-order valence-electron chi connectivity index (χ2n) is 2.99. The highest BCUT2D eigenvalue weighted by atomic mass is 79.9. The van der Waals surface area contributed by atoms with Gasteiger partial charge >= 0.3 is 0 Å². The third kappa shape index (κ3) is 3.18. The molecule has 0 saturated carbocycles. The van der Waals surface area contributed by atoms with Crippen molar-refractivity contribution < 1.29 is 9.53 Å². The van der Waals surface area contributed by atoms with Crippen molar-refractivity contribution in [3.8, 4) is 5.75 Å². The third-order valence-electron chi connectivity index (χ3n) is 1.79. The molecule has 1 aromatic carbocycles. The lowest BCUT2D eigenvalue weighted by molar-refractivity contribution is 0.112. The van der Waals surface area contributed by atoms with Crippen LogP contribution in [0.25, 0.3) is 0 Å². The fraction of sp³-hybridized carbons (Fsp3) is 0.182. The first-order valence-corrected chi connectivity index (χ1v) is 5.90. The molecule has 1 aromatic rings. The minimum atomic E-state index is -0.0836. The number of aldehydes is 1. The molecular weight excluding hydrogens is 324 g/mol. The van der Waals surface area contributed by atoms with Gasteiger partial charge in [-0.1, -0.05) is 12.7 Å². The smallest absolute Gasteiger partial charge is 0.150 e. The van der Waals surface area contributed by atoms with Crippen molar-refractivity contribution in [2.45, 2.75) is 13.0 Å². The van der Waals surface area contributed by atoms with Gasteiger partial charge in [0, 0.05) is 5.56 Å². The first-order valence-electron chi connectivity index (χ1n) is 4.32. The molecule has 2 nitrogen and oxygen atoms in total. The van der Waals surface area contributed by atoms with Gasteiger partial charge in [-0.05, 0) is 50.9 Å². The highest BCUT2D eigenvalue weighted by molar-refractivity contribution is 9.11. The molecule has 0 fully saturated rings. The lowest BCUT2D eigenvalue weighted by Crippen LogP contribution is -2.08. The predicted molar refractivity (Wildman–Crippen MR) is 67.5 cm³/mol. The number of hydrogen-bond acceptors (Lipinski definition) is 2. The predicted octanol–water partition coefficient (Wildman–Crippen LogP) is 3.98. The molecule has 0 amide bonds. The third-order valence-corrected chi connectivity index (χ3v) is 2.97. The second-order valence-corrected chi connectivity index (χ2v) is 4.70. The van der Waals surface area contributed by atoms with Crippen LogP contribution in [0.15, 0.2) is 33.7 Å². The number of carbonyl (C=O) groups excluding carboxylic acids is 1. The Morgan fingerprint density at radius 1 is 1.40 bits per heavy atom. The highest BCUT2D eigenvalue weighted by Gasteiger charge is 2.10. The number of hydrogen-bond donors (Lipinski definition) is 0. The van der Waals surface area contributed by atoms with E-state index in [9.17, 15) is 4.79 Å². The summed E-state index contributed by atoms with van der Waals surface area (Å²) >= 11 is 6.70. The minimum absolute atomic E-state index is 0.0836. The van der Waals surface area contributed by atoms with E-state index in [-0.39, 0.29) is 6.10 Å². The Bertz CT molecular complexity index is 365. The Labute approximate surface area is 106 Å². The molecule has 0 aliphatic carbocycles. The van der Waals surface area contributed by atoms with Crippen molar-refractivity contribution in [2.24, 2.45) is 0 Å². The van der Waals surface area contributed by atoms with E-state index in [1.54, 1.807) is 18.2 Å². The van der Waals surface area contributed by atoms with E-state index in [2.05, 4.69) is 38.4 Å². The lowest BCUT2D eigenvalue weighted by atomic mass is 10.2. The molecule has 0 aliphatic heterocycles. The fourth-order valence-corrected chi connectivity index (χ4v) is 2.40. The van der Waals surface area contributed by atoms with Gasteiger partial charge in [-0.2, -0.15) is 0 Å². The summed E-state index contributed by atoms with van der Waals surface area (Å²) in [5, 5.41) is 0. The largest absolute Gasteiger partial charge is 0.484 e. The van der Waals surface area contributed by atoms with Crippen molar-refractivity contribution in [2.75, 3.05) is 0 Å². The van der Waals surface area contributed by atoms with Crippen molar-refractivity contribution >= 4 is 38.1 Å². The van der Waals surface area contributed by atoms with Crippen molar-refractivity contribution in [1.82, 2.24) is 0 Å². The SMILES string of the molecule is C=CC(C)Oc1c(Br)cc(C=O)cc1Br. The van der Waals surface area contributed by atoms with E-state index in [0.717, 1.165) is 15.2 Å². The molecule has 0 bridgehead atoms. The van der Waals surface area contributed by atoms with Crippen LogP contribution in [0.4, 0.5) is 0 Å². The Balaban J connectivity index is 3.07. The molecule has 15 heavy (non-hydrogen) atoms. The molecule has 0 heterocycles. The number of rotatable bonds is 4. The molecule has 4 heteroatoms. The van der Waals surface area contributed by atoms with Crippen LogP contribution in [0.3, 0.4) is 0 Å². The Hall–Kier alpha value is -0.610. The van der Waals surface area contributed by atoms with Gasteiger partial charge in [0.15, 0.2) is 0 Å². The van der Waals surface area contributed by atoms with Gasteiger partial charge in [0.25, 0.3) is 0 Å². The minimum Gasteiger partial charge on any atom is -0.484 e. The Morgan fingerprint density at radius 3 is 2.33 bits per heavy atom. The Kier molecular flexibility index (Phi) is 4.54. The topological polar surface area (TPSA) is 26.3 Å². The van der Waals surface area contributed by atoms with Crippen LogP contribution >= 0.6 is 31.9 Å². The molecule has 80 valence electrons. The molecule has 1 atom stereocenters. The first-order chi connectivity index (χ1) is 7.08. The first kappa shape index (κ1) is 12.5. The van der Waals surface area contributed by atoms with Crippen LogP contribution < -0.4 is 4.74 Å². The summed E-state index contributed by atoms with van der Waals surface area (Å²) in [6.45, 7) is 5.53. The number of carbonyl (C=O) groups is 1. The Morgan fingerprint density at radius 2 is 1.93 bits per heavy atom. The van der Waals surface area contributed by atoms with E-state index in [1.165, 1.54) is 0 Å². The van der Waals surface area contributed by atoms with Crippen LogP contribution in [0.1, 0.15) is 17.3 Å². The zero-order valence-corrected chi connectivity index (χ0v) is 11.3. The quantitative estimate of drug-likeness (QED) is 0.615. The average molecular weight is 334 g/mol. The molecule has 0 spiro atoms. The molecule has 1 rings (SSSR count). The number of benzene rings is 1. The zero-order valence-electron chi connectivity index (χ0n) is 8.17. The van der Waals surface area contributed by atoms with Crippen LogP contribution in [0.5, 0.6) is 5.75 Å². The molecular formula is C11H10Br2O2. The standard InChI is InChI=1S/C11H10Br2O2/c1-3-7(2)15-11-9(12)4-8(6-14)5-10(11)13/h3-7H,1H2,2H3. The molecule has 0 aliphatic rings. The van der Waals surface area contributed by atoms with Gasteiger partial charge in [0.1, 0.15) is 18.1 Å². The molecule has 0 saturated heterocycles. The fourth-order valence-electron chi connectivity index (χ4n) is 0.994. The molecule has 0 aromatic heterocycles. The van der Waals surface area contributed by atoms with Gasteiger partial charge in [-0.25, -0.2) is 0 Å². The van der Waals surface area contributed by atoms with Crippen molar-refractivity contribution in [1.29, 1.82) is 0 Å². The maximum absolute atomic E-state index is 10.6. The van der Waals surface area contributed by atoms with Crippen LogP contribution in [0.2, 0.25) is 0 Å². The van der Waals surface area contributed by atoms with Gasteiger partial charge in [0.05, 0.1) is 8.95 Å². The van der Waals surface area contributed by atoms with E-state index in [0.29, 0.717) is 11.3 Å². The van der Waals surface area contributed by atoms with Crippen LogP contribution in [0, 0.1) is 0 Å². The summed E-state index contributed by atoms with van der Waals surface area (Å²) in [4.78, 5) is 10.6. The number of ether oxygens (including phenoxy) is 1. The summed E-state index contributed by atoms with van der Waals surface area (Å²) in [6.07, 6.45) is 2.41. The van der Waals surface area contributed by atoms with E-state index >= 15 is 0 Å². The van der Waals surface area contributed by atoms with Gasteiger partial charge in [-0.15, -0.1) is 0 Å². The molecule has 0 radical (unpaired) electrons. The normalized spacial score (nSPS) is 11.9. The van der Waals surface area contributed by atoms with Crippen LogP contribution in [-0.4, -0.2) is 12.4 Å². The highest BCUT2D eigenvalue weighted by Crippen LogP contribution is 2.35. The number of halogens is 2. The van der Waals surface area contributed by atoms with Gasteiger partial charge in [-0.3, -0.25) is 4.79 Å². The summed E-state index contributed by atoms with van der Waals surface area (Å²) in [5.41, 5.74) is 0.590. The summed E-state index contributed by atoms with van der Waals surface area (Å²) < 4.78 is 7.08. The molecule has 0 N–H and O–H groups in total. The van der Waals surface area contributed by atoms with Crippen LogP contribution in [-0.2, 0) is 0 Å². The van der Waals surface area contributed by atoms with E-state index < -0.39 is 0 Å². The monoisotopic (exact) mass is 332 g/mol. The second kappa shape index (κ2) is 5.47. The summed E-state index contributed by atoms with van der Waals surface area (Å²) in [5.74, 6) is 0.674. The summed E-state index contributed by atoms with van der Waals surface area (Å²) in [7, 11) is 0. The van der Waals surface area contributed by atoms with Gasteiger partial charge in [0.2, 0.25) is 0 Å². The maximum Gasteiger partial charge on any atom is 0.150 e. The van der Waals surface area contributed by atoms with E-state index in [4.69, 9.17) is 4.74 Å². The zero-order chi connectivity index (χ0) is 11.4. The van der Waals surface area contributed by atoms with Gasteiger partial charge < -0.3 is 4.74 Å². The van der Waals surface area contributed by atoms with Crippen molar-refractivity contribution in [3.63, 3.8) is 0 Å². The van der Waals surface area contributed by atoms with E-state index in [1.807, 2.05) is 6.92 Å². The summed E-state index contributed by atoms with van der Waals surface area (Å²) in [6, 6.07) is 3.42. The maximum atomic E-state index is 10.6. The lowest BCUT2D eigenvalue weighted by Gasteiger charge is -2.14.